The van der Waals surface area contributed by atoms with Crippen LogP contribution in [-0.4, -0.2) is 17.1 Å². The lowest BCUT2D eigenvalue weighted by molar-refractivity contribution is -0.128. The molecule has 0 radical (unpaired) electrons. The van der Waals surface area contributed by atoms with E-state index in [2.05, 4.69) is 5.32 Å². The molecule has 0 heterocycles. The average Bonchev–Trinajstić information content (AvgIpc) is 2.62. The van der Waals surface area contributed by atoms with Gasteiger partial charge < -0.3 is 15.2 Å². The molecule has 0 fully saturated rings. The van der Waals surface area contributed by atoms with E-state index in [4.69, 9.17) is 4.74 Å². The van der Waals surface area contributed by atoms with Gasteiger partial charge in [-0.15, -0.1) is 0 Å². The van der Waals surface area contributed by atoms with E-state index in [-0.39, 0.29) is 24.4 Å². The molecule has 0 aliphatic heterocycles. The van der Waals surface area contributed by atoms with Crippen molar-refractivity contribution in [2.75, 3.05) is 0 Å². The Morgan fingerprint density at radius 2 is 2.20 bits per heavy atom. The summed E-state index contributed by atoms with van der Waals surface area (Å²) >= 11 is 0. The number of nitrogens with one attached hydrogen (secondary N) is 1. The fourth-order valence-electron chi connectivity index (χ4n) is 3.18. The third kappa shape index (κ3) is 4.17. The van der Waals surface area contributed by atoms with Crippen LogP contribution in [0.4, 0.5) is 4.39 Å². The normalized spacial score (nSPS) is 17.5. The molecule has 0 aromatic heterocycles. The summed E-state index contributed by atoms with van der Waals surface area (Å²) in [5.41, 5.74) is 2.66. The first-order valence-corrected chi connectivity index (χ1v) is 8.52. The quantitative estimate of drug-likeness (QED) is 0.876. The van der Waals surface area contributed by atoms with Crippen molar-refractivity contribution in [2.24, 2.45) is 0 Å². The van der Waals surface area contributed by atoms with Gasteiger partial charge in [-0.25, -0.2) is 4.39 Å². The van der Waals surface area contributed by atoms with E-state index in [1.807, 2.05) is 0 Å². The van der Waals surface area contributed by atoms with Crippen LogP contribution in [0, 0.1) is 5.82 Å². The molecule has 5 heteroatoms. The maximum absolute atomic E-state index is 13.6. The first-order chi connectivity index (χ1) is 12.1. The minimum absolute atomic E-state index is 0.0812. The molecular weight excluding hydrogens is 321 g/mol. The first kappa shape index (κ1) is 17.4. The zero-order chi connectivity index (χ0) is 17.8. The number of carbonyl (C=O) groups excluding carboxylic acids is 1. The predicted octanol–water partition coefficient (Wildman–Crippen LogP) is 3.28. The predicted molar refractivity (Wildman–Crippen MR) is 92.7 cm³/mol. The lowest BCUT2D eigenvalue weighted by Crippen LogP contribution is -2.39. The van der Waals surface area contributed by atoms with E-state index in [0.29, 0.717) is 5.75 Å². The highest BCUT2D eigenvalue weighted by atomic mass is 19.1. The van der Waals surface area contributed by atoms with Gasteiger partial charge in [-0.3, -0.25) is 4.79 Å². The van der Waals surface area contributed by atoms with Crippen molar-refractivity contribution in [3.05, 3.63) is 65.0 Å². The van der Waals surface area contributed by atoms with Crippen LogP contribution in [0.15, 0.2) is 42.5 Å². The molecule has 25 heavy (non-hydrogen) atoms. The van der Waals surface area contributed by atoms with E-state index in [1.165, 1.54) is 12.1 Å². The van der Waals surface area contributed by atoms with E-state index < -0.39 is 6.10 Å². The van der Waals surface area contributed by atoms with Crippen molar-refractivity contribution in [3.63, 3.8) is 0 Å². The van der Waals surface area contributed by atoms with Gasteiger partial charge >= 0.3 is 0 Å². The number of aliphatic hydroxyl groups is 1. The Morgan fingerprint density at radius 1 is 1.36 bits per heavy atom. The van der Waals surface area contributed by atoms with Crippen molar-refractivity contribution in [2.45, 2.75) is 44.9 Å². The summed E-state index contributed by atoms with van der Waals surface area (Å²) in [5, 5.41) is 12.1. The highest BCUT2D eigenvalue weighted by Crippen LogP contribution is 2.30. The molecule has 132 valence electrons. The second-order valence-electron chi connectivity index (χ2n) is 6.36. The number of amides is 1. The van der Waals surface area contributed by atoms with Gasteiger partial charge in [0, 0.05) is 0 Å². The molecule has 1 amide bonds. The summed E-state index contributed by atoms with van der Waals surface area (Å²) in [5.74, 6) is 0.00539. The summed E-state index contributed by atoms with van der Waals surface area (Å²) in [6.45, 7) is 1.60. The van der Waals surface area contributed by atoms with Crippen LogP contribution in [0.2, 0.25) is 0 Å². The molecule has 4 nitrogen and oxygen atoms in total. The smallest absolute Gasteiger partial charge is 0.261 e. The highest BCUT2D eigenvalue weighted by molar-refractivity contribution is 5.81. The number of hydrogen-bond acceptors (Lipinski definition) is 3. The molecule has 0 saturated carbocycles. The van der Waals surface area contributed by atoms with Crippen molar-refractivity contribution in [1.82, 2.24) is 5.32 Å². The molecule has 2 aromatic rings. The Labute approximate surface area is 146 Å². The van der Waals surface area contributed by atoms with Crippen LogP contribution in [-0.2, 0) is 17.8 Å². The fraction of sp³-hybridized carbons (Fsp3) is 0.350. The molecular formula is C20H22FNO3. The zero-order valence-corrected chi connectivity index (χ0v) is 14.2. The largest absolute Gasteiger partial charge is 0.481 e. The third-order valence-electron chi connectivity index (χ3n) is 4.50. The SMILES string of the molecule is CC(Oc1cccc(CO)c1)C(=O)NC1CCCc2ccc(F)cc21. The number of aryl methyl sites for hydroxylation is 1. The summed E-state index contributed by atoms with van der Waals surface area (Å²) in [7, 11) is 0. The topological polar surface area (TPSA) is 58.6 Å². The maximum atomic E-state index is 13.6. The van der Waals surface area contributed by atoms with Gasteiger partial charge in [0.2, 0.25) is 0 Å². The second-order valence-corrected chi connectivity index (χ2v) is 6.36. The first-order valence-electron chi connectivity index (χ1n) is 8.52. The van der Waals surface area contributed by atoms with Gasteiger partial charge in [0.15, 0.2) is 6.10 Å². The van der Waals surface area contributed by atoms with Gasteiger partial charge in [0.25, 0.3) is 5.91 Å². The van der Waals surface area contributed by atoms with E-state index in [9.17, 15) is 14.3 Å². The second kappa shape index (κ2) is 7.66. The van der Waals surface area contributed by atoms with Gasteiger partial charge in [0.05, 0.1) is 12.6 Å². The minimum Gasteiger partial charge on any atom is -0.481 e. The highest BCUT2D eigenvalue weighted by Gasteiger charge is 2.25. The lowest BCUT2D eigenvalue weighted by atomic mass is 9.87. The number of aliphatic hydroxyl groups excluding tert-OH is 1. The van der Waals surface area contributed by atoms with Crippen molar-refractivity contribution >= 4 is 5.91 Å². The number of benzene rings is 2. The van der Waals surface area contributed by atoms with Gasteiger partial charge in [-0.05, 0) is 67.1 Å². The molecule has 2 aromatic carbocycles. The molecule has 3 rings (SSSR count). The van der Waals surface area contributed by atoms with Crippen LogP contribution < -0.4 is 10.1 Å². The molecule has 2 N–H and O–H groups in total. The van der Waals surface area contributed by atoms with Crippen LogP contribution in [0.25, 0.3) is 0 Å². The lowest BCUT2D eigenvalue weighted by Gasteiger charge is -2.27. The molecule has 0 bridgehead atoms. The summed E-state index contributed by atoms with van der Waals surface area (Å²) in [4.78, 5) is 12.5. The van der Waals surface area contributed by atoms with Crippen LogP contribution >= 0.6 is 0 Å². The minimum atomic E-state index is -0.687. The zero-order valence-electron chi connectivity index (χ0n) is 14.2. The average molecular weight is 343 g/mol. The number of rotatable bonds is 5. The van der Waals surface area contributed by atoms with Gasteiger partial charge in [0.1, 0.15) is 11.6 Å². The fourth-order valence-corrected chi connectivity index (χ4v) is 3.18. The van der Waals surface area contributed by atoms with E-state index in [1.54, 1.807) is 37.3 Å². The number of fused-ring (bicyclic) bond motifs is 1. The molecule has 1 aliphatic rings. The number of carbonyl (C=O) groups is 1. The number of hydrogen-bond donors (Lipinski definition) is 2. The summed E-state index contributed by atoms with van der Waals surface area (Å²) in [6, 6.07) is 11.6. The Bertz CT molecular complexity index is 762. The summed E-state index contributed by atoms with van der Waals surface area (Å²) < 4.78 is 19.2. The van der Waals surface area contributed by atoms with E-state index >= 15 is 0 Å². The standard InChI is InChI=1S/C20H22FNO3/c1-13(25-17-6-2-4-14(10-17)12-23)20(24)22-19-7-3-5-15-8-9-16(21)11-18(15)19/h2,4,6,8-11,13,19,23H,3,5,7,12H2,1H3,(H,22,24). The molecule has 0 spiro atoms. The van der Waals surface area contributed by atoms with E-state index in [0.717, 1.165) is 36.0 Å². The van der Waals surface area contributed by atoms with Gasteiger partial charge in [-0.2, -0.15) is 0 Å². The molecule has 1 aliphatic carbocycles. The number of halogens is 1. The summed E-state index contributed by atoms with van der Waals surface area (Å²) in [6.07, 6.45) is 1.96. The van der Waals surface area contributed by atoms with Crippen LogP contribution in [0.1, 0.15) is 42.5 Å². The molecule has 0 saturated heterocycles. The van der Waals surface area contributed by atoms with Crippen molar-refractivity contribution in [3.8, 4) is 5.75 Å². The Balaban J connectivity index is 1.67. The number of ether oxygens (including phenoxy) is 1. The monoisotopic (exact) mass is 343 g/mol. The molecule has 2 unspecified atom stereocenters. The maximum Gasteiger partial charge on any atom is 0.261 e. The Morgan fingerprint density at radius 3 is 3.00 bits per heavy atom. The Hall–Kier alpha value is -2.40. The van der Waals surface area contributed by atoms with Crippen molar-refractivity contribution < 1.29 is 19.0 Å². The van der Waals surface area contributed by atoms with Crippen LogP contribution in [0.3, 0.4) is 0 Å². The third-order valence-corrected chi connectivity index (χ3v) is 4.50. The molecule has 2 atom stereocenters. The van der Waals surface area contributed by atoms with Crippen LogP contribution in [0.5, 0.6) is 5.75 Å². The van der Waals surface area contributed by atoms with Crippen molar-refractivity contribution in [1.29, 1.82) is 0 Å². The van der Waals surface area contributed by atoms with Gasteiger partial charge in [-0.1, -0.05) is 18.2 Å². The Kier molecular flexibility index (Phi) is 5.34.